The number of aromatic hydroxyl groups is 1. The van der Waals surface area contributed by atoms with Gasteiger partial charge in [-0.15, -0.1) is 0 Å². The lowest BCUT2D eigenvalue weighted by atomic mass is 10.1. The van der Waals surface area contributed by atoms with Gasteiger partial charge in [0.15, 0.2) is 5.82 Å². The molecule has 23 heavy (non-hydrogen) atoms. The smallest absolute Gasteiger partial charge is 0.418 e. The summed E-state index contributed by atoms with van der Waals surface area (Å²) in [6.45, 7) is 0. The van der Waals surface area contributed by atoms with Crippen molar-refractivity contribution in [1.82, 2.24) is 20.2 Å². The molecule has 0 amide bonds. The third-order valence-electron chi connectivity index (χ3n) is 3.02. The number of pyridine rings is 1. The van der Waals surface area contributed by atoms with Crippen LogP contribution in [0.5, 0.6) is 5.75 Å². The number of hydrogen-bond acceptors (Lipinski definition) is 4. The molecular formula is C14H8ClF3N4O. The van der Waals surface area contributed by atoms with Gasteiger partial charge in [0, 0.05) is 11.2 Å². The summed E-state index contributed by atoms with van der Waals surface area (Å²) in [5.74, 6) is -0.278. The van der Waals surface area contributed by atoms with E-state index in [0.717, 1.165) is 6.07 Å². The fraction of sp³-hybridized carbons (Fsp3) is 0.0714. The minimum absolute atomic E-state index is 0.0822. The number of H-pyrrole nitrogens is 1. The molecule has 9 heteroatoms. The lowest BCUT2D eigenvalue weighted by Gasteiger charge is -2.08. The number of rotatable bonds is 2. The van der Waals surface area contributed by atoms with Crippen LogP contribution in [0.2, 0.25) is 5.02 Å². The zero-order chi connectivity index (χ0) is 16.6. The third-order valence-corrected chi connectivity index (χ3v) is 3.26. The van der Waals surface area contributed by atoms with Gasteiger partial charge in [-0.05, 0) is 30.3 Å². The molecule has 0 bridgehead atoms. The van der Waals surface area contributed by atoms with Gasteiger partial charge in [0.2, 0.25) is 5.82 Å². The number of nitrogens with one attached hydrogen (secondary N) is 1. The number of aromatic nitrogens is 4. The Balaban J connectivity index is 2.09. The van der Waals surface area contributed by atoms with Crippen LogP contribution in [0, 0.1) is 0 Å². The standard InChI is InChI=1S/C14H8ClF3N4O/c15-7-3-4-10(23)8(6-7)12-20-13(22-21-12)11-9(14(16,17)18)2-1-5-19-11/h1-6,23H,(H,20,21,22). The Morgan fingerprint density at radius 1 is 1.17 bits per heavy atom. The van der Waals surface area contributed by atoms with Crippen LogP contribution in [0.4, 0.5) is 13.2 Å². The summed E-state index contributed by atoms with van der Waals surface area (Å²) < 4.78 is 39.1. The minimum Gasteiger partial charge on any atom is -0.507 e. The number of benzene rings is 1. The summed E-state index contributed by atoms with van der Waals surface area (Å²) >= 11 is 5.84. The molecule has 0 spiro atoms. The zero-order valence-corrected chi connectivity index (χ0v) is 12.0. The maximum absolute atomic E-state index is 13.0. The highest BCUT2D eigenvalue weighted by Gasteiger charge is 2.35. The summed E-state index contributed by atoms with van der Waals surface area (Å²) in [4.78, 5) is 7.69. The first-order chi connectivity index (χ1) is 10.9. The number of nitrogens with zero attached hydrogens (tertiary/aromatic N) is 3. The van der Waals surface area contributed by atoms with Crippen LogP contribution in [0.15, 0.2) is 36.5 Å². The molecule has 5 nitrogen and oxygen atoms in total. The molecule has 0 unspecified atom stereocenters. The van der Waals surface area contributed by atoms with Gasteiger partial charge < -0.3 is 5.11 Å². The Morgan fingerprint density at radius 2 is 1.96 bits per heavy atom. The van der Waals surface area contributed by atoms with E-state index < -0.39 is 17.4 Å². The molecule has 0 aliphatic heterocycles. The van der Waals surface area contributed by atoms with E-state index in [1.165, 1.54) is 30.5 Å². The first-order valence-electron chi connectivity index (χ1n) is 6.30. The Morgan fingerprint density at radius 3 is 2.70 bits per heavy atom. The lowest BCUT2D eigenvalue weighted by molar-refractivity contribution is -0.137. The lowest BCUT2D eigenvalue weighted by Crippen LogP contribution is -2.08. The van der Waals surface area contributed by atoms with E-state index in [2.05, 4.69) is 20.2 Å². The van der Waals surface area contributed by atoms with Crippen molar-refractivity contribution in [1.29, 1.82) is 0 Å². The van der Waals surface area contributed by atoms with Crippen LogP contribution in [0.25, 0.3) is 22.9 Å². The average Bonchev–Trinajstić information content (AvgIpc) is 2.98. The van der Waals surface area contributed by atoms with Crippen LogP contribution in [0.3, 0.4) is 0 Å². The van der Waals surface area contributed by atoms with Gasteiger partial charge >= 0.3 is 6.18 Å². The summed E-state index contributed by atoms with van der Waals surface area (Å²) in [6, 6.07) is 6.32. The summed E-state index contributed by atoms with van der Waals surface area (Å²) in [5, 5.41) is 16.4. The molecule has 0 aliphatic rings. The van der Waals surface area contributed by atoms with Crippen molar-refractivity contribution in [3.05, 3.63) is 47.1 Å². The number of aromatic amines is 1. The monoisotopic (exact) mass is 340 g/mol. The van der Waals surface area contributed by atoms with E-state index in [1.54, 1.807) is 0 Å². The molecule has 2 heterocycles. The van der Waals surface area contributed by atoms with Crippen molar-refractivity contribution in [2.24, 2.45) is 0 Å². The van der Waals surface area contributed by atoms with Crippen LogP contribution in [-0.2, 0) is 6.18 Å². The van der Waals surface area contributed by atoms with Gasteiger partial charge in [0.1, 0.15) is 11.4 Å². The van der Waals surface area contributed by atoms with Crippen LogP contribution >= 0.6 is 11.6 Å². The predicted molar refractivity (Wildman–Crippen MR) is 76.7 cm³/mol. The van der Waals surface area contributed by atoms with Crippen molar-refractivity contribution in [2.45, 2.75) is 6.18 Å². The van der Waals surface area contributed by atoms with Crippen molar-refractivity contribution >= 4 is 11.6 Å². The number of halogens is 4. The fourth-order valence-electron chi connectivity index (χ4n) is 2.00. The quantitative estimate of drug-likeness (QED) is 0.741. The molecule has 3 rings (SSSR count). The first kappa shape index (κ1) is 15.3. The van der Waals surface area contributed by atoms with Crippen molar-refractivity contribution in [3.63, 3.8) is 0 Å². The van der Waals surface area contributed by atoms with Crippen molar-refractivity contribution < 1.29 is 18.3 Å². The summed E-state index contributed by atoms with van der Waals surface area (Å²) in [7, 11) is 0. The highest BCUT2D eigenvalue weighted by molar-refractivity contribution is 6.30. The van der Waals surface area contributed by atoms with E-state index >= 15 is 0 Å². The van der Waals surface area contributed by atoms with Gasteiger partial charge in [-0.1, -0.05) is 11.6 Å². The van der Waals surface area contributed by atoms with Crippen molar-refractivity contribution in [2.75, 3.05) is 0 Å². The number of phenolic OH excluding ortho intramolecular Hbond substituents is 1. The summed E-state index contributed by atoms with van der Waals surface area (Å²) in [6.07, 6.45) is -3.36. The van der Waals surface area contributed by atoms with Gasteiger partial charge in [-0.3, -0.25) is 10.1 Å². The van der Waals surface area contributed by atoms with E-state index in [1.807, 2.05) is 0 Å². The second-order valence-corrected chi connectivity index (χ2v) is 5.00. The first-order valence-corrected chi connectivity index (χ1v) is 6.68. The van der Waals surface area contributed by atoms with E-state index in [0.29, 0.717) is 5.02 Å². The van der Waals surface area contributed by atoms with Gasteiger partial charge in [0.05, 0.1) is 11.1 Å². The molecule has 118 valence electrons. The Hall–Kier alpha value is -2.61. The summed E-state index contributed by atoms with van der Waals surface area (Å²) in [5.41, 5.74) is -1.12. The Bertz CT molecular complexity index is 863. The highest BCUT2D eigenvalue weighted by Crippen LogP contribution is 2.35. The van der Waals surface area contributed by atoms with Crippen LogP contribution < -0.4 is 0 Å². The predicted octanol–water partition coefficient (Wildman–Crippen LogP) is 3.91. The van der Waals surface area contributed by atoms with Gasteiger partial charge in [-0.2, -0.15) is 18.3 Å². The number of alkyl halides is 3. The largest absolute Gasteiger partial charge is 0.507 e. The average molecular weight is 341 g/mol. The Kier molecular flexibility index (Phi) is 3.69. The van der Waals surface area contributed by atoms with Gasteiger partial charge in [-0.25, -0.2) is 4.98 Å². The SMILES string of the molecule is Oc1ccc(Cl)cc1-c1nc(-c2ncccc2C(F)(F)F)n[nH]1. The number of hydrogen-bond donors (Lipinski definition) is 2. The zero-order valence-electron chi connectivity index (χ0n) is 11.3. The third kappa shape index (κ3) is 2.98. The second-order valence-electron chi connectivity index (χ2n) is 4.57. The second kappa shape index (κ2) is 5.54. The molecule has 2 aromatic heterocycles. The van der Waals surface area contributed by atoms with Crippen molar-refractivity contribution in [3.8, 4) is 28.7 Å². The van der Waals surface area contributed by atoms with Gasteiger partial charge in [0.25, 0.3) is 0 Å². The molecule has 0 fully saturated rings. The molecule has 0 radical (unpaired) electrons. The van der Waals surface area contributed by atoms with Crippen LogP contribution in [-0.4, -0.2) is 25.3 Å². The molecule has 2 N–H and O–H groups in total. The molecule has 0 saturated carbocycles. The maximum atomic E-state index is 13.0. The molecule has 1 aromatic carbocycles. The van der Waals surface area contributed by atoms with Crippen LogP contribution in [0.1, 0.15) is 5.56 Å². The molecule has 0 aliphatic carbocycles. The molecule has 0 saturated heterocycles. The maximum Gasteiger partial charge on any atom is 0.418 e. The normalized spacial score (nSPS) is 11.7. The number of phenols is 1. The molecule has 0 atom stereocenters. The topological polar surface area (TPSA) is 74.7 Å². The fourth-order valence-corrected chi connectivity index (χ4v) is 2.17. The van der Waals surface area contributed by atoms with E-state index in [9.17, 15) is 18.3 Å². The molecular weight excluding hydrogens is 333 g/mol. The minimum atomic E-state index is -4.58. The Labute approximate surface area is 132 Å². The van der Waals surface area contributed by atoms with E-state index in [4.69, 9.17) is 11.6 Å². The molecule has 3 aromatic rings. The van der Waals surface area contributed by atoms with E-state index in [-0.39, 0.29) is 23.0 Å². The highest BCUT2D eigenvalue weighted by atomic mass is 35.5.